The number of nitrogens with zero attached hydrogens (tertiary/aromatic N) is 2. The van der Waals surface area contributed by atoms with Crippen molar-refractivity contribution >= 4 is 28.5 Å². The first-order valence-corrected chi connectivity index (χ1v) is 11.0. The summed E-state index contributed by atoms with van der Waals surface area (Å²) >= 11 is 0. The summed E-state index contributed by atoms with van der Waals surface area (Å²) in [6, 6.07) is 13.4. The van der Waals surface area contributed by atoms with E-state index in [4.69, 9.17) is 4.42 Å². The number of hydrogen-bond donors (Lipinski definition) is 2. The van der Waals surface area contributed by atoms with Crippen molar-refractivity contribution in [3.8, 4) is 0 Å². The average molecular weight is 445 g/mol. The highest BCUT2D eigenvalue weighted by Gasteiger charge is 2.14. The molecule has 170 valence electrons. The molecule has 0 saturated heterocycles. The summed E-state index contributed by atoms with van der Waals surface area (Å²) in [5.74, 6) is 0.151. The van der Waals surface area contributed by atoms with E-state index < -0.39 is 0 Å². The molecule has 2 amide bonds. The molecule has 0 aliphatic heterocycles. The largest absolute Gasteiger partial charge is 0.464 e. The highest BCUT2D eigenvalue weighted by atomic mass is 16.3. The lowest BCUT2D eigenvalue weighted by molar-refractivity contribution is -0.120. The van der Waals surface area contributed by atoms with Crippen LogP contribution in [-0.2, 0) is 29.1 Å². The summed E-state index contributed by atoms with van der Waals surface area (Å²) < 4.78 is 7.25. The van der Waals surface area contributed by atoms with Gasteiger partial charge in [-0.1, -0.05) is 26.0 Å². The average Bonchev–Trinajstić information content (AvgIpc) is 3.41. The molecule has 4 rings (SSSR count). The van der Waals surface area contributed by atoms with Crippen molar-refractivity contribution in [3.05, 3.63) is 83.4 Å². The summed E-state index contributed by atoms with van der Waals surface area (Å²) in [6.45, 7) is 6.92. The lowest BCUT2D eigenvalue weighted by Crippen LogP contribution is -2.24. The van der Waals surface area contributed by atoms with Gasteiger partial charge in [0.15, 0.2) is 0 Å². The van der Waals surface area contributed by atoms with Crippen LogP contribution < -0.4 is 10.6 Å². The van der Waals surface area contributed by atoms with Gasteiger partial charge in [0.05, 0.1) is 12.7 Å². The Kier molecular flexibility index (Phi) is 6.58. The topological polar surface area (TPSA) is 89.2 Å². The quantitative estimate of drug-likeness (QED) is 0.417. The van der Waals surface area contributed by atoms with E-state index in [0.29, 0.717) is 18.2 Å². The first-order chi connectivity index (χ1) is 15.9. The van der Waals surface area contributed by atoms with Crippen molar-refractivity contribution in [2.24, 2.45) is 0 Å². The first-order valence-electron chi connectivity index (χ1n) is 11.0. The van der Waals surface area contributed by atoms with Gasteiger partial charge in [0.2, 0.25) is 11.8 Å². The van der Waals surface area contributed by atoms with Crippen molar-refractivity contribution < 1.29 is 14.0 Å². The summed E-state index contributed by atoms with van der Waals surface area (Å²) in [6.07, 6.45) is 5.28. The minimum absolute atomic E-state index is 0.0857. The number of hydrogen-bond acceptors (Lipinski definition) is 4. The van der Waals surface area contributed by atoms with E-state index in [1.807, 2.05) is 30.3 Å². The molecule has 7 heteroatoms. The van der Waals surface area contributed by atoms with Crippen LogP contribution in [0.4, 0.5) is 5.69 Å². The zero-order valence-corrected chi connectivity index (χ0v) is 19.1. The van der Waals surface area contributed by atoms with Crippen molar-refractivity contribution in [1.29, 1.82) is 0 Å². The zero-order valence-electron chi connectivity index (χ0n) is 19.1. The van der Waals surface area contributed by atoms with E-state index >= 15 is 0 Å². The van der Waals surface area contributed by atoms with E-state index in [1.165, 1.54) is 11.1 Å². The normalized spacial score (nSPS) is 11.2. The van der Waals surface area contributed by atoms with Crippen LogP contribution in [-0.4, -0.2) is 21.6 Å². The predicted molar refractivity (Wildman–Crippen MR) is 128 cm³/mol. The molecule has 7 nitrogen and oxygen atoms in total. The summed E-state index contributed by atoms with van der Waals surface area (Å²) in [5, 5.41) is 10.8. The van der Waals surface area contributed by atoms with Crippen molar-refractivity contribution in [2.75, 3.05) is 5.32 Å². The Morgan fingerprint density at radius 2 is 1.97 bits per heavy atom. The lowest BCUT2D eigenvalue weighted by atomic mass is 9.95. The number of carbonyl (C=O) groups is 2. The van der Waals surface area contributed by atoms with Gasteiger partial charge >= 0.3 is 0 Å². The Hall–Kier alpha value is -3.87. The van der Waals surface area contributed by atoms with Gasteiger partial charge in [0.25, 0.3) is 0 Å². The van der Waals surface area contributed by atoms with Crippen LogP contribution in [0.25, 0.3) is 11.0 Å². The number of aryl methyl sites for hydroxylation is 1. The van der Waals surface area contributed by atoms with E-state index in [2.05, 4.69) is 42.6 Å². The van der Waals surface area contributed by atoms with Gasteiger partial charge in [-0.2, -0.15) is 5.10 Å². The number of anilines is 1. The van der Waals surface area contributed by atoms with Crippen LogP contribution >= 0.6 is 0 Å². The molecular weight excluding hydrogens is 416 g/mol. The molecule has 2 aromatic carbocycles. The Morgan fingerprint density at radius 1 is 1.12 bits per heavy atom. The van der Waals surface area contributed by atoms with Gasteiger partial charge in [-0.15, -0.1) is 0 Å². The Morgan fingerprint density at radius 3 is 2.73 bits per heavy atom. The molecule has 0 unspecified atom stereocenters. The molecule has 4 aromatic rings. The molecule has 0 atom stereocenters. The highest BCUT2D eigenvalue weighted by Crippen LogP contribution is 2.29. The first kappa shape index (κ1) is 22.3. The summed E-state index contributed by atoms with van der Waals surface area (Å²) in [5.41, 5.74) is 5.71. The number of carbonyl (C=O) groups excluding carboxylic acids is 2. The maximum Gasteiger partial charge on any atom is 0.246 e. The number of rotatable bonds is 8. The smallest absolute Gasteiger partial charge is 0.246 e. The molecule has 0 spiro atoms. The number of fused-ring (bicyclic) bond motifs is 1. The Labute approximate surface area is 192 Å². The molecule has 0 aliphatic carbocycles. The molecule has 2 heterocycles. The second-order valence-corrected chi connectivity index (χ2v) is 8.53. The summed E-state index contributed by atoms with van der Waals surface area (Å²) in [4.78, 5) is 24.8. The molecule has 0 radical (unpaired) electrons. The number of furan rings is 1. The monoisotopic (exact) mass is 444 g/mol. The van der Waals surface area contributed by atoms with Gasteiger partial charge in [-0.25, -0.2) is 0 Å². The van der Waals surface area contributed by atoms with Crippen LogP contribution in [0, 0.1) is 6.92 Å². The number of amides is 2. The predicted octanol–water partition coefficient (Wildman–Crippen LogP) is 4.56. The van der Waals surface area contributed by atoms with Crippen LogP contribution in [0.3, 0.4) is 0 Å². The zero-order chi connectivity index (χ0) is 23.4. The molecule has 2 aromatic heterocycles. The fraction of sp³-hybridized carbons (Fsp3) is 0.269. The van der Waals surface area contributed by atoms with Crippen LogP contribution in [0.1, 0.15) is 42.0 Å². The third-order valence-electron chi connectivity index (χ3n) is 5.58. The van der Waals surface area contributed by atoms with Gasteiger partial charge in [0, 0.05) is 35.6 Å². The molecule has 0 aliphatic rings. The van der Waals surface area contributed by atoms with Crippen LogP contribution in [0.2, 0.25) is 0 Å². The maximum atomic E-state index is 12.6. The van der Waals surface area contributed by atoms with E-state index in [9.17, 15) is 9.59 Å². The second kappa shape index (κ2) is 9.73. The van der Waals surface area contributed by atoms with Crippen LogP contribution in [0.15, 0.2) is 65.5 Å². The third-order valence-corrected chi connectivity index (χ3v) is 5.58. The highest BCUT2D eigenvalue weighted by molar-refractivity contribution is 5.91. The number of nitrogens with one attached hydrogen (secondary N) is 2. The summed E-state index contributed by atoms with van der Waals surface area (Å²) in [7, 11) is 0. The van der Waals surface area contributed by atoms with Crippen molar-refractivity contribution in [3.63, 3.8) is 0 Å². The minimum Gasteiger partial charge on any atom is -0.464 e. The Bertz CT molecular complexity index is 1270. The van der Waals surface area contributed by atoms with Crippen LogP contribution in [0.5, 0.6) is 0 Å². The van der Waals surface area contributed by atoms with E-state index in [0.717, 1.165) is 22.1 Å². The fourth-order valence-corrected chi connectivity index (χ4v) is 3.94. The Balaban J connectivity index is 1.36. The molecule has 2 N–H and O–H groups in total. The SMILES string of the molecule is Cc1cc2occ(CC(=O)NCc3cccc(NC(=O)Cn4cccn4)c3)c2cc1C(C)C. The second-order valence-electron chi connectivity index (χ2n) is 8.53. The van der Waals surface area contributed by atoms with Crippen molar-refractivity contribution in [2.45, 2.75) is 46.2 Å². The van der Waals surface area contributed by atoms with E-state index in [1.54, 1.807) is 29.4 Å². The standard InChI is InChI=1S/C26H28N4O3/c1-17(2)22-13-23-20(16-33-24(23)10-18(22)3)12-25(31)27-14-19-6-4-7-21(11-19)29-26(32)15-30-9-5-8-28-30/h4-11,13,16-17H,12,14-15H2,1-3H3,(H,27,31)(H,29,32). The third kappa shape index (κ3) is 5.49. The fourth-order valence-electron chi connectivity index (χ4n) is 3.94. The lowest BCUT2D eigenvalue weighted by Gasteiger charge is -2.10. The minimum atomic E-state index is -0.164. The molecule has 0 saturated carbocycles. The van der Waals surface area contributed by atoms with E-state index in [-0.39, 0.29) is 24.8 Å². The van der Waals surface area contributed by atoms with Gasteiger partial charge in [-0.05, 0) is 59.9 Å². The number of aromatic nitrogens is 2. The number of benzene rings is 2. The molecular formula is C26H28N4O3. The molecule has 33 heavy (non-hydrogen) atoms. The molecule has 0 fully saturated rings. The van der Waals surface area contributed by atoms with Gasteiger partial charge in [0.1, 0.15) is 12.1 Å². The van der Waals surface area contributed by atoms with Crippen molar-refractivity contribution in [1.82, 2.24) is 15.1 Å². The maximum absolute atomic E-state index is 12.6. The molecule has 0 bridgehead atoms. The van der Waals surface area contributed by atoms with Gasteiger partial charge < -0.3 is 15.1 Å². The van der Waals surface area contributed by atoms with Gasteiger partial charge in [-0.3, -0.25) is 14.3 Å².